The van der Waals surface area contributed by atoms with Crippen LogP contribution in [0.25, 0.3) is 0 Å². The van der Waals surface area contributed by atoms with Crippen molar-refractivity contribution in [3.63, 3.8) is 0 Å². The summed E-state index contributed by atoms with van der Waals surface area (Å²) in [7, 11) is 0. The predicted molar refractivity (Wildman–Crippen MR) is 317 cm³/mol. The molecule has 0 aromatic heterocycles. The number of rotatable bonds is 56. The molecule has 86 heavy (non-hydrogen) atoms. The summed E-state index contributed by atoms with van der Waals surface area (Å²) in [5, 5.41) is 61.7. The average molecular weight is 1340 g/mol. The summed E-state index contributed by atoms with van der Waals surface area (Å²) in [6, 6.07) is -5.59. The van der Waals surface area contributed by atoms with E-state index in [1.807, 2.05) is 22.9 Å². The first-order valence-electron chi connectivity index (χ1n) is 30.0. The molecule has 0 bridgehead atoms. The number of hydrogen-bond donors (Lipinski definition) is 12. The van der Waals surface area contributed by atoms with Gasteiger partial charge in [0.2, 0.25) is 41.4 Å². The number of nitrogens with one attached hydrogen (secondary N) is 7. The smallest absolute Gasteiger partial charge is 0.326 e. The Labute approximate surface area is 516 Å². The number of amides is 7. The molecule has 0 radical (unpaired) electrons. The zero-order valence-corrected chi connectivity index (χ0v) is 51.7. The monoisotopic (exact) mass is 1340 g/mol. The third-order valence-corrected chi connectivity index (χ3v) is 14.5. The third kappa shape index (κ3) is 41.3. The molecule has 1 heterocycles. The fourth-order valence-electron chi connectivity index (χ4n) is 8.99. The number of carboxylic acids is 5. The van der Waals surface area contributed by atoms with E-state index in [1.165, 1.54) is 37.0 Å². The zero-order valence-electron chi connectivity index (χ0n) is 49.6. The fraction of sp³-hybridized carbons (Fsp3) is 0.786. The molecular weight excluding hydrogens is 1250 g/mol. The van der Waals surface area contributed by atoms with Gasteiger partial charge in [0.15, 0.2) is 0 Å². The largest absolute Gasteiger partial charge is 0.481 e. The summed E-state index contributed by atoms with van der Waals surface area (Å²) in [6.07, 6.45) is 16.1. The van der Waals surface area contributed by atoms with Gasteiger partial charge in [-0.25, -0.2) is 22.7 Å². The first-order valence-corrected chi connectivity index (χ1v) is 31.1. The molecule has 0 aliphatic carbocycles. The number of ether oxygens (including phenoxy) is 4. The van der Waals surface area contributed by atoms with Crippen LogP contribution < -0.4 is 35.4 Å². The Bertz CT molecular complexity index is 2060. The lowest BCUT2D eigenvalue weighted by atomic mass is 10.0. The van der Waals surface area contributed by atoms with Gasteiger partial charge in [0.05, 0.1) is 45.7 Å². The van der Waals surface area contributed by atoms with Crippen molar-refractivity contribution in [2.24, 2.45) is 0 Å². The van der Waals surface area contributed by atoms with E-state index in [-0.39, 0.29) is 123 Å². The molecule has 0 saturated carbocycles. The van der Waals surface area contributed by atoms with Gasteiger partial charge in [-0.05, 0) is 64.2 Å². The standard InChI is InChI=1S/C56H95IN8O21/c57-64-40(52(74)65-31-17-19-44(65)56(81)82)18-15-16-28-58-45(66)25-22-42(54(77)78)62-48(69)27-24-43(55(79)80)63-50(71)39-86-37-35-84-33-30-60-49(70)38-85-36-34-83-32-29-59-46(67)26-23-41(53(75)76)61-47(68)20-13-11-9-7-5-3-1-2-4-6-8-10-12-14-21-51(72)73/h40-44,64H,1-39H2,(H,58,66)(H,59,67)(H,60,70)(H,61,68)(H,62,69)(H,63,71)(H,72,73)(H,75,76)(H,77,78)(H,79,80)(H,81,82)/t40?,41?,42-,43-,44-/m0/s1. The number of unbranched alkanes of at least 4 members (excludes halogenated alkanes) is 14. The van der Waals surface area contributed by atoms with E-state index in [4.69, 9.17) is 24.1 Å². The second kappa shape index (κ2) is 50.2. The Morgan fingerprint density at radius 3 is 1.26 bits per heavy atom. The van der Waals surface area contributed by atoms with Crippen LogP contribution in [-0.4, -0.2) is 211 Å². The van der Waals surface area contributed by atoms with E-state index < -0.39 is 103 Å². The van der Waals surface area contributed by atoms with Crippen molar-refractivity contribution in [3.8, 4) is 0 Å². The Kier molecular flexibility index (Phi) is 45.6. The Balaban J connectivity index is 2.08. The van der Waals surface area contributed by atoms with Gasteiger partial charge >= 0.3 is 29.8 Å². The van der Waals surface area contributed by atoms with Crippen LogP contribution in [0.5, 0.6) is 0 Å². The maximum atomic E-state index is 12.9. The zero-order chi connectivity index (χ0) is 63.7. The minimum absolute atomic E-state index is 0.0266. The van der Waals surface area contributed by atoms with Crippen molar-refractivity contribution in [1.82, 2.24) is 40.3 Å². The van der Waals surface area contributed by atoms with Crippen molar-refractivity contribution in [2.45, 2.75) is 204 Å². The number of hydrogen-bond acceptors (Lipinski definition) is 17. The molecule has 12 N–H and O–H groups in total. The van der Waals surface area contributed by atoms with E-state index in [2.05, 4.69) is 35.4 Å². The highest BCUT2D eigenvalue weighted by atomic mass is 127. The van der Waals surface area contributed by atoms with E-state index in [0.29, 0.717) is 45.1 Å². The lowest BCUT2D eigenvalue weighted by Gasteiger charge is -2.26. The van der Waals surface area contributed by atoms with Crippen molar-refractivity contribution >= 4 is 94.1 Å². The summed E-state index contributed by atoms with van der Waals surface area (Å²) < 4.78 is 24.1. The first kappa shape index (κ1) is 78.2. The summed E-state index contributed by atoms with van der Waals surface area (Å²) >= 11 is 1.84. The van der Waals surface area contributed by atoms with E-state index in [0.717, 1.165) is 51.4 Å². The van der Waals surface area contributed by atoms with Crippen LogP contribution in [0.2, 0.25) is 0 Å². The molecule has 1 aliphatic heterocycles. The molecule has 0 aromatic rings. The molecule has 492 valence electrons. The van der Waals surface area contributed by atoms with Crippen LogP contribution in [0.4, 0.5) is 0 Å². The van der Waals surface area contributed by atoms with E-state index in [9.17, 15) is 78.0 Å². The van der Waals surface area contributed by atoms with Crippen LogP contribution in [0, 0.1) is 0 Å². The molecule has 0 aromatic carbocycles. The molecule has 7 amide bonds. The molecule has 29 nitrogen and oxygen atoms in total. The maximum absolute atomic E-state index is 12.9. The highest BCUT2D eigenvalue weighted by Crippen LogP contribution is 2.20. The number of nitrogens with zero attached hydrogens (tertiary/aromatic N) is 1. The highest BCUT2D eigenvalue weighted by molar-refractivity contribution is 14.1. The molecule has 1 aliphatic rings. The summed E-state index contributed by atoms with van der Waals surface area (Å²) in [6.45, 7) is 0.489. The lowest BCUT2D eigenvalue weighted by molar-refractivity contribution is -0.148. The molecule has 1 fully saturated rings. The van der Waals surface area contributed by atoms with Crippen LogP contribution in [0.3, 0.4) is 0 Å². The van der Waals surface area contributed by atoms with Gasteiger partial charge in [0.1, 0.15) is 37.4 Å². The number of halogens is 1. The topological polar surface area (TPSA) is 430 Å². The second-order valence-corrected chi connectivity index (χ2v) is 21.5. The first-order chi connectivity index (χ1) is 41.2. The van der Waals surface area contributed by atoms with Crippen molar-refractivity contribution in [2.75, 3.05) is 79.0 Å². The maximum Gasteiger partial charge on any atom is 0.326 e. The fourth-order valence-corrected chi connectivity index (χ4v) is 9.56. The highest BCUT2D eigenvalue weighted by Gasteiger charge is 2.37. The average Bonchev–Trinajstić information content (AvgIpc) is 3.35. The summed E-state index contributed by atoms with van der Waals surface area (Å²) in [4.78, 5) is 146. The number of carboxylic acid groups (broad SMARTS) is 5. The van der Waals surface area contributed by atoms with Gasteiger partial charge in [-0.15, -0.1) is 0 Å². The Hall–Kier alpha value is -5.83. The van der Waals surface area contributed by atoms with Gasteiger partial charge in [-0.3, -0.25) is 38.4 Å². The number of carbonyl (C=O) groups is 12. The Morgan fingerprint density at radius 1 is 0.407 bits per heavy atom. The number of aliphatic carboxylic acids is 5. The lowest BCUT2D eigenvalue weighted by Crippen LogP contribution is -2.48. The third-order valence-electron chi connectivity index (χ3n) is 13.8. The van der Waals surface area contributed by atoms with Crippen molar-refractivity contribution in [1.29, 1.82) is 0 Å². The van der Waals surface area contributed by atoms with E-state index >= 15 is 0 Å². The summed E-state index contributed by atoms with van der Waals surface area (Å²) in [5.41, 5.74) is 0. The molecule has 5 atom stereocenters. The molecule has 30 heteroatoms. The SMILES string of the molecule is O=C(O)CCCCCCCCCCCCCCCCC(=O)NC(CCC(=O)NCCOCCOCC(=O)NCCOCCOCC(=O)N[C@@H](CCC(=O)N[C@@H](CCC(=O)NCCCCC(NI)C(=O)N1CCC[C@H]1C(=O)O)C(=O)O)C(=O)O)C(=O)O. The van der Waals surface area contributed by atoms with Crippen LogP contribution in [0.1, 0.15) is 173 Å². The van der Waals surface area contributed by atoms with Gasteiger partial charge in [-0.1, -0.05) is 77.0 Å². The van der Waals surface area contributed by atoms with Crippen molar-refractivity contribution < 1.29 is 102 Å². The van der Waals surface area contributed by atoms with Gasteiger partial charge in [-0.2, -0.15) is 0 Å². The normalized spacial score (nSPS) is 14.2. The van der Waals surface area contributed by atoms with Crippen molar-refractivity contribution in [3.05, 3.63) is 0 Å². The predicted octanol–water partition coefficient (Wildman–Crippen LogP) is 2.33. The van der Waals surface area contributed by atoms with Gasteiger partial charge < -0.3 is 81.3 Å². The molecule has 2 unspecified atom stereocenters. The molecule has 1 saturated heterocycles. The van der Waals surface area contributed by atoms with Gasteiger partial charge in [0.25, 0.3) is 0 Å². The van der Waals surface area contributed by atoms with Gasteiger partial charge in [0, 0.05) is 81.1 Å². The quantitative estimate of drug-likeness (QED) is 0.0236. The molecular formula is C56H95IN8O21. The number of likely N-dealkylation sites (tertiary alicyclic amines) is 1. The van der Waals surface area contributed by atoms with Crippen LogP contribution in [-0.2, 0) is 76.5 Å². The minimum atomic E-state index is -1.51. The van der Waals surface area contributed by atoms with Crippen LogP contribution in [0.15, 0.2) is 0 Å². The van der Waals surface area contributed by atoms with Crippen LogP contribution >= 0.6 is 22.9 Å². The number of carbonyl (C=O) groups excluding carboxylic acids is 7. The minimum Gasteiger partial charge on any atom is -0.481 e. The summed E-state index contributed by atoms with van der Waals surface area (Å²) in [5.74, 6) is -9.44. The van der Waals surface area contributed by atoms with E-state index in [1.54, 1.807) is 0 Å². The Morgan fingerprint density at radius 2 is 0.802 bits per heavy atom. The second-order valence-electron chi connectivity index (χ2n) is 20.9. The molecule has 1 rings (SSSR count). The molecule has 0 spiro atoms.